The molecule has 0 saturated heterocycles. The van der Waals surface area contributed by atoms with Crippen LogP contribution in [0.4, 0.5) is 5.82 Å². The number of aromatic nitrogens is 2. The number of methoxy groups -OCH3 is 2. The number of nitrogens with one attached hydrogen (secondary N) is 2. The molecule has 2 heterocycles. The molecule has 0 aliphatic heterocycles. The highest BCUT2D eigenvalue weighted by atomic mass is 16.5. The van der Waals surface area contributed by atoms with E-state index in [0.29, 0.717) is 6.54 Å². The fraction of sp³-hybridized carbons (Fsp3) is 0.150. The number of para-hydroxylation sites is 1. The van der Waals surface area contributed by atoms with E-state index >= 15 is 0 Å². The molecule has 2 aromatic heterocycles. The van der Waals surface area contributed by atoms with Crippen LogP contribution in [0.1, 0.15) is 5.56 Å². The van der Waals surface area contributed by atoms with E-state index in [2.05, 4.69) is 33.5 Å². The molecular formula is C20H19N3O2. The van der Waals surface area contributed by atoms with Crippen molar-refractivity contribution >= 4 is 27.6 Å². The Hall–Kier alpha value is -3.21. The smallest absolute Gasteiger partial charge is 0.126 e. The van der Waals surface area contributed by atoms with Crippen molar-refractivity contribution in [1.29, 1.82) is 0 Å². The number of hydrogen-bond donors (Lipinski definition) is 2. The topological polar surface area (TPSA) is 59.2 Å². The van der Waals surface area contributed by atoms with Gasteiger partial charge in [-0.3, -0.25) is 0 Å². The summed E-state index contributed by atoms with van der Waals surface area (Å²) in [5, 5.41) is 5.74. The monoisotopic (exact) mass is 333 g/mol. The zero-order chi connectivity index (χ0) is 17.2. The lowest BCUT2D eigenvalue weighted by atomic mass is 10.2. The highest BCUT2D eigenvalue weighted by molar-refractivity contribution is 6.07. The van der Waals surface area contributed by atoms with Gasteiger partial charge >= 0.3 is 0 Å². The first kappa shape index (κ1) is 15.3. The number of aromatic amines is 1. The molecule has 126 valence electrons. The second kappa shape index (κ2) is 6.36. The second-order valence-electron chi connectivity index (χ2n) is 5.86. The maximum Gasteiger partial charge on any atom is 0.126 e. The molecule has 0 atom stereocenters. The third kappa shape index (κ3) is 2.96. The Morgan fingerprint density at radius 2 is 1.68 bits per heavy atom. The Kier molecular flexibility index (Phi) is 3.90. The molecule has 25 heavy (non-hydrogen) atoms. The van der Waals surface area contributed by atoms with Gasteiger partial charge in [-0.1, -0.05) is 18.2 Å². The third-order valence-electron chi connectivity index (χ3n) is 4.28. The maximum absolute atomic E-state index is 5.32. The van der Waals surface area contributed by atoms with Crippen LogP contribution in [0.3, 0.4) is 0 Å². The van der Waals surface area contributed by atoms with Crippen molar-refractivity contribution in [2.45, 2.75) is 6.54 Å². The molecule has 0 unspecified atom stereocenters. The quantitative estimate of drug-likeness (QED) is 0.570. The molecular weight excluding hydrogens is 314 g/mol. The predicted molar refractivity (Wildman–Crippen MR) is 100 cm³/mol. The number of benzene rings is 2. The van der Waals surface area contributed by atoms with Gasteiger partial charge in [-0.15, -0.1) is 0 Å². The van der Waals surface area contributed by atoms with Gasteiger partial charge < -0.3 is 19.8 Å². The summed E-state index contributed by atoms with van der Waals surface area (Å²) in [4.78, 5) is 7.88. The number of H-pyrrole nitrogens is 1. The minimum atomic E-state index is 0.633. The average molecular weight is 333 g/mol. The first-order chi connectivity index (χ1) is 12.3. The van der Waals surface area contributed by atoms with E-state index in [1.807, 2.05) is 36.5 Å². The molecule has 2 N–H and O–H groups in total. The summed E-state index contributed by atoms with van der Waals surface area (Å²) < 4.78 is 10.6. The van der Waals surface area contributed by atoms with Gasteiger partial charge in [0.25, 0.3) is 0 Å². The molecule has 4 rings (SSSR count). The van der Waals surface area contributed by atoms with Gasteiger partial charge in [-0.2, -0.15) is 0 Å². The molecule has 4 aromatic rings. The first-order valence-electron chi connectivity index (χ1n) is 8.09. The Labute approximate surface area is 145 Å². The summed E-state index contributed by atoms with van der Waals surface area (Å²) in [5.41, 5.74) is 3.22. The minimum absolute atomic E-state index is 0.633. The van der Waals surface area contributed by atoms with Gasteiger partial charge in [0, 0.05) is 28.9 Å². The van der Waals surface area contributed by atoms with E-state index in [4.69, 9.17) is 9.47 Å². The van der Waals surface area contributed by atoms with Crippen LogP contribution in [-0.2, 0) is 6.54 Å². The van der Waals surface area contributed by atoms with Crippen LogP contribution in [-0.4, -0.2) is 24.2 Å². The lowest BCUT2D eigenvalue weighted by Crippen LogP contribution is -2.02. The van der Waals surface area contributed by atoms with Gasteiger partial charge in [0.1, 0.15) is 17.3 Å². The Morgan fingerprint density at radius 1 is 0.920 bits per heavy atom. The Morgan fingerprint density at radius 3 is 2.44 bits per heavy atom. The Bertz CT molecular complexity index is 1020. The summed E-state index contributed by atoms with van der Waals surface area (Å²) >= 11 is 0. The zero-order valence-electron chi connectivity index (χ0n) is 14.2. The number of anilines is 1. The van der Waals surface area contributed by atoms with E-state index in [-0.39, 0.29) is 0 Å². The van der Waals surface area contributed by atoms with Gasteiger partial charge in [0.2, 0.25) is 0 Å². The van der Waals surface area contributed by atoms with Gasteiger partial charge in [-0.05, 0) is 29.8 Å². The van der Waals surface area contributed by atoms with Crippen LogP contribution in [0.25, 0.3) is 21.8 Å². The largest absolute Gasteiger partial charge is 0.497 e. The standard InChI is InChI=1S/C20H19N3O2/c1-24-14-7-13(8-15(9-14)25-2)11-21-20-10-17-16-5-3-4-6-18(16)23-19(17)12-22-20/h3-10,12,23H,11H2,1-2H3,(H,21,22). The van der Waals surface area contributed by atoms with Crippen molar-refractivity contribution in [3.63, 3.8) is 0 Å². The van der Waals surface area contributed by atoms with E-state index in [1.54, 1.807) is 14.2 Å². The summed E-state index contributed by atoms with van der Waals surface area (Å²) in [7, 11) is 3.30. The molecule has 0 spiro atoms. The summed E-state index contributed by atoms with van der Waals surface area (Å²) in [5.74, 6) is 2.38. The molecule has 5 heteroatoms. The number of ether oxygens (including phenoxy) is 2. The predicted octanol–water partition coefficient (Wildman–Crippen LogP) is 4.35. The van der Waals surface area contributed by atoms with Crippen LogP contribution < -0.4 is 14.8 Å². The molecule has 0 aliphatic rings. The highest BCUT2D eigenvalue weighted by Gasteiger charge is 2.06. The minimum Gasteiger partial charge on any atom is -0.497 e. The van der Waals surface area contributed by atoms with Crippen LogP contribution in [0.5, 0.6) is 11.5 Å². The lowest BCUT2D eigenvalue weighted by Gasteiger charge is -2.10. The summed E-state index contributed by atoms with van der Waals surface area (Å²) in [6.45, 7) is 0.633. The van der Waals surface area contributed by atoms with Crippen molar-refractivity contribution in [1.82, 2.24) is 9.97 Å². The van der Waals surface area contributed by atoms with Crippen molar-refractivity contribution in [3.05, 3.63) is 60.3 Å². The molecule has 0 radical (unpaired) electrons. The maximum atomic E-state index is 5.32. The lowest BCUT2D eigenvalue weighted by molar-refractivity contribution is 0.393. The van der Waals surface area contributed by atoms with Crippen molar-refractivity contribution in [3.8, 4) is 11.5 Å². The number of rotatable bonds is 5. The van der Waals surface area contributed by atoms with Crippen LogP contribution in [0.15, 0.2) is 54.7 Å². The fourth-order valence-electron chi connectivity index (χ4n) is 3.01. The van der Waals surface area contributed by atoms with E-state index in [1.165, 1.54) is 5.39 Å². The number of nitrogens with zero attached hydrogens (tertiary/aromatic N) is 1. The normalized spacial score (nSPS) is 11.0. The van der Waals surface area contributed by atoms with Crippen molar-refractivity contribution in [2.24, 2.45) is 0 Å². The van der Waals surface area contributed by atoms with Crippen LogP contribution in [0.2, 0.25) is 0 Å². The number of fused-ring (bicyclic) bond motifs is 3. The molecule has 0 bridgehead atoms. The van der Waals surface area contributed by atoms with Gasteiger partial charge in [-0.25, -0.2) is 4.98 Å². The summed E-state index contributed by atoms with van der Waals surface area (Å²) in [6, 6.07) is 16.2. The van der Waals surface area contributed by atoms with E-state index < -0.39 is 0 Å². The van der Waals surface area contributed by atoms with Crippen molar-refractivity contribution < 1.29 is 9.47 Å². The molecule has 2 aromatic carbocycles. The fourth-order valence-corrected chi connectivity index (χ4v) is 3.01. The van der Waals surface area contributed by atoms with Gasteiger partial charge in [0.05, 0.1) is 25.9 Å². The van der Waals surface area contributed by atoms with Crippen molar-refractivity contribution in [2.75, 3.05) is 19.5 Å². The number of hydrogen-bond acceptors (Lipinski definition) is 4. The SMILES string of the molecule is COc1cc(CNc2cc3c(cn2)[nH]c2ccccc23)cc(OC)c1. The van der Waals surface area contributed by atoms with E-state index in [0.717, 1.165) is 39.3 Å². The molecule has 5 nitrogen and oxygen atoms in total. The first-order valence-corrected chi connectivity index (χ1v) is 8.09. The molecule has 0 fully saturated rings. The molecule has 0 aliphatic carbocycles. The van der Waals surface area contributed by atoms with Crippen LogP contribution >= 0.6 is 0 Å². The van der Waals surface area contributed by atoms with Crippen LogP contribution in [0, 0.1) is 0 Å². The third-order valence-corrected chi connectivity index (χ3v) is 4.28. The second-order valence-corrected chi connectivity index (χ2v) is 5.86. The zero-order valence-corrected chi connectivity index (χ0v) is 14.2. The highest BCUT2D eigenvalue weighted by Crippen LogP contribution is 2.27. The molecule has 0 saturated carbocycles. The Balaban J connectivity index is 1.61. The molecule has 0 amide bonds. The number of pyridine rings is 1. The van der Waals surface area contributed by atoms with E-state index in [9.17, 15) is 0 Å². The summed E-state index contributed by atoms with van der Waals surface area (Å²) in [6.07, 6.45) is 1.86. The average Bonchev–Trinajstić information content (AvgIpc) is 3.04. The van der Waals surface area contributed by atoms with Gasteiger partial charge in [0.15, 0.2) is 0 Å².